The van der Waals surface area contributed by atoms with Crippen LogP contribution in [0.15, 0.2) is 0 Å². The molecule has 0 saturated heterocycles. The number of unbranched alkanes of at least 4 members (excludes halogenated alkanes) is 1. The van der Waals surface area contributed by atoms with Crippen LogP contribution in [0.25, 0.3) is 0 Å². The van der Waals surface area contributed by atoms with Crippen molar-refractivity contribution in [2.75, 3.05) is 13.1 Å². The van der Waals surface area contributed by atoms with Crippen LogP contribution in [0.2, 0.25) is 0 Å². The Morgan fingerprint density at radius 3 is 2.57 bits per heavy atom. The maximum atomic E-state index is 10.8. The highest BCUT2D eigenvalue weighted by molar-refractivity contribution is 5.75. The zero-order valence-electron chi connectivity index (χ0n) is 8.91. The summed E-state index contributed by atoms with van der Waals surface area (Å²) >= 11 is 0. The third kappa shape index (κ3) is 3.27. The summed E-state index contributed by atoms with van der Waals surface area (Å²) in [6.07, 6.45) is 4.29. The van der Waals surface area contributed by atoms with Gasteiger partial charge in [0.25, 0.3) is 0 Å². The van der Waals surface area contributed by atoms with E-state index >= 15 is 0 Å². The monoisotopic (exact) mass is 199 g/mol. The van der Waals surface area contributed by atoms with Crippen molar-refractivity contribution < 1.29 is 4.79 Å². The fraction of sp³-hybridized carbons (Fsp3) is 0.900. The van der Waals surface area contributed by atoms with E-state index in [0.29, 0.717) is 18.6 Å². The number of nitrogens with zero attached hydrogens (tertiary/aromatic N) is 1. The lowest BCUT2D eigenvalue weighted by atomic mass is 9.86. The molecule has 4 heteroatoms. The molecule has 1 aliphatic rings. The Balaban J connectivity index is 2.32. The van der Waals surface area contributed by atoms with Gasteiger partial charge in [-0.15, -0.1) is 0 Å². The molecule has 1 aliphatic carbocycles. The van der Waals surface area contributed by atoms with Gasteiger partial charge in [-0.25, -0.2) is 0 Å². The minimum atomic E-state index is -0.235. The second kappa shape index (κ2) is 5.32. The molecule has 1 amide bonds. The fourth-order valence-electron chi connectivity index (χ4n) is 1.88. The summed E-state index contributed by atoms with van der Waals surface area (Å²) in [5, 5.41) is 0. The summed E-state index contributed by atoms with van der Waals surface area (Å²) < 4.78 is 0. The van der Waals surface area contributed by atoms with Crippen molar-refractivity contribution in [1.29, 1.82) is 0 Å². The number of carbonyl (C=O) groups is 1. The van der Waals surface area contributed by atoms with Gasteiger partial charge in [-0.2, -0.15) is 0 Å². The molecule has 0 spiro atoms. The third-order valence-corrected chi connectivity index (χ3v) is 2.82. The third-order valence-electron chi connectivity index (χ3n) is 2.82. The molecule has 4 nitrogen and oxygen atoms in total. The lowest BCUT2D eigenvalue weighted by Crippen LogP contribution is -2.52. The van der Waals surface area contributed by atoms with E-state index in [0.717, 1.165) is 32.2 Å². The number of rotatable bonds is 6. The summed E-state index contributed by atoms with van der Waals surface area (Å²) in [7, 11) is 0. The van der Waals surface area contributed by atoms with Crippen molar-refractivity contribution in [1.82, 2.24) is 4.90 Å². The van der Waals surface area contributed by atoms with E-state index in [1.807, 2.05) is 0 Å². The van der Waals surface area contributed by atoms with Crippen LogP contribution >= 0.6 is 0 Å². The van der Waals surface area contributed by atoms with Crippen LogP contribution in [0, 0.1) is 0 Å². The lowest BCUT2D eigenvalue weighted by Gasteiger charge is -2.40. The van der Waals surface area contributed by atoms with E-state index in [9.17, 15) is 4.79 Å². The second-order valence-electron chi connectivity index (χ2n) is 4.18. The summed E-state index contributed by atoms with van der Waals surface area (Å²) in [5.74, 6) is -0.235. The van der Waals surface area contributed by atoms with Crippen molar-refractivity contribution >= 4 is 5.91 Å². The quantitative estimate of drug-likeness (QED) is 0.635. The molecule has 0 aromatic rings. The molecule has 14 heavy (non-hydrogen) atoms. The molecule has 1 saturated carbocycles. The Labute approximate surface area is 85.6 Å². The molecule has 0 unspecified atom stereocenters. The van der Waals surface area contributed by atoms with E-state index in [4.69, 9.17) is 11.5 Å². The maximum Gasteiger partial charge on any atom is 0.231 e. The van der Waals surface area contributed by atoms with Crippen molar-refractivity contribution in [2.24, 2.45) is 11.5 Å². The molecule has 0 aromatic carbocycles. The van der Waals surface area contributed by atoms with E-state index in [1.165, 1.54) is 0 Å². The Hall–Kier alpha value is -0.610. The van der Waals surface area contributed by atoms with Crippen molar-refractivity contribution in [3.05, 3.63) is 0 Å². The topological polar surface area (TPSA) is 72.3 Å². The van der Waals surface area contributed by atoms with Crippen LogP contribution in [0.1, 0.15) is 32.6 Å². The molecule has 82 valence electrons. The van der Waals surface area contributed by atoms with Crippen LogP contribution < -0.4 is 11.5 Å². The van der Waals surface area contributed by atoms with Gasteiger partial charge < -0.3 is 11.5 Å². The SMILES string of the molecule is CCCCN(CC(N)=O)C1CC(N)C1. The summed E-state index contributed by atoms with van der Waals surface area (Å²) in [6.45, 7) is 3.50. The predicted molar refractivity (Wildman–Crippen MR) is 56.7 cm³/mol. The first-order chi connectivity index (χ1) is 6.63. The van der Waals surface area contributed by atoms with Crippen LogP contribution in [0.4, 0.5) is 0 Å². The average molecular weight is 199 g/mol. The smallest absolute Gasteiger partial charge is 0.231 e. The Bertz CT molecular complexity index is 190. The molecular formula is C10H21N3O. The van der Waals surface area contributed by atoms with E-state index in [2.05, 4.69) is 11.8 Å². The number of hydrogen-bond donors (Lipinski definition) is 2. The highest BCUT2D eigenvalue weighted by Gasteiger charge is 2.31. The molecule has 0 aromatic heterocycles. The van der Waals surface area contributed by atoms with Crippen LogP contribution in [0.3, 0.4) is 0 Å². The van der Waals surface area contributed by atoms with Gasteiger partial charge in [-0.3, -0.25) is 9.69 Å². The molecule has 0 bridgehead atoms. The van der Waals surface area contributed by atoms with Gasteiger partial charge in [0, 0.05) is 12.1 Å². The zero-order valence-corrected chi connectivity index (χ0v) is 8.91. The van der Waals surface area contributed by atoms with Crippen molar-refractivity contribution in [3.63, 3.8) is 0 Å². The molecule has 1 rings (SSSR count). The second-order valence-corrected chi connectivity index (χ2v) is 4.18. The van der Waals surface area contributed by atoms with Crippen molar-refractivity contribution in [3.8, 4) is 0 Å². The number of primary amides is 1. The Kier molecular flexibility index (Phi) is 4.35. The summed E-state index contributed by atoms with van der Waals surface area (Å²) in [5.41, 5.74) is 10.9. The summed E-state index contributed by atoms with van der Waals surface area (Å²) in [4.78, 5) is 13.0. The van der Waals surface area contributed by atoms with Gasteiger partial charge in [0.2, 0.25) is 5.91 Å². The number of nitrogens with two attached hydrogens (primary N) is 2. The molecule has 0 radical (unpaired) electrons. The van der Waals surface area contributed by atoms with Crippen LogP contribution in [-0.2, 0) is 4.79 Å². The van der Waals surface area contributed by atoms with Crippen LogP contribution in [0.5, 0.6) is 0 Å². The van der Waals surface area contributed by atoms with Gasteiger partial charge in [0.15, 0.2) is 0 Å². The zero-order chi connectivity index (χ0) is 10.6. The molecule has 4 N–H and O–H groups in total. The highest BCUT2D eigenvalue weighted by atomic mass is 16.1. The first-order valence-electron chi connectivity index (χ1n) is 5.41. The van der Waals surface area contributed by atoms with E-state index in [1.54, 1.807) is 0 Å². The lowest BCUT2D eigenvalue weighted by molar-refractivity contribution is -0.120. The standard InChI is InChI=1S/C10H21N3O/c1-2-3-4-13(7-10(12)14)9-5-8(11)6-9/h8-9H,2-7,11H2,1H3,(H2,12,14). The maximum absolute atomic E-state index is 10.8. The minimum absolute atomic E-state index is 0.235. The largest absolute Gasteiger partial charge is 0.369 e. The summed E-state index contributed by atoms with van der Waals surface area (Å²) in [6, 6.07) is 0.820. The van der Waals surface area contributed by atoms with E-state index < -0.39 is 0 Å². The highest BCUT2D eigenvalue weighted by Crippen LogP contribution is 2.23. The van der Waals surface area contributed by atoms with E-state index in [-0.39, 0.29) is 5.91 Å². The minimum Gasteiger partial charge on any atom is -0.369 e. The molecule has 0 atom stereocenters. The fourth-order valence-corrected chi connectivity index (χ4v) is 1.88. The average Bonchev–Trinajstić information content (AvgIpc) is 2.06. The van der Waals surface area contributed by atoms with Crippen LogP contribution in [-0.4, -0.2) is 36.0 Å². The molecule has 0 aliphatic heterocycles. The number of carbonyl (C=O) groups excluding carboxylic acids is 1. The number of hydrogen-bond acceptors (Lipinski definition) is 3. The normalized spacial score (nSPS) is 26.2. The van der Waals surface area contributed by atoms with Crippen molar-refractivity contribution in [2.45, 2.75) is 44.7 Å². The van der Waals surface area contributed by atoms with Gasteiger partial charge in [-0.05, 0) is 25.8 Å². The Morgan fingerprint density at radius 1 is 1.50 bits per heavy atom. The molecular weight excluding hydrogens is 178 g/mol. The Morgan fingerprint density at radius 2 is 2.14 bits per heavy atom. The number of amides is 1. The van der Waals surface area contributed by atoms with Gasteiger partial charge in [-0.1, -0.05) is 13.3 Å². The van der Waals surface area contributed by atoms with Gasteiger partial charge in [0.05, 0.1) is 6.54 Å². The predicted octanol–water partition coefficient (Wildman–Crippen LogP) is 0.0635. The first-order valence-corrected chi connectivity index (χ1v) is 5.41. The van der Waals surface area contributed by atoms with Gasteiger partial charge in [0.1, 0.15) is 0 Å². The first kappa shape index (κ1) is 11.5. The van der Waals surface area contributed by atoms with Gasteiger partial charge >= 0.3 is 0 Å². The molecule has 0 heterocycles. The molecule has 1 fully saturated rings.